The minimum absolute atomic E-state index is 0.126. The number of fused-ring (bicyclic) bond motifs is 1. The largest absolute Gasteiger partial charge is 0.493 e. The molecular formula is C23H23ClN2O5. The van der Waals surface area contributed by atoms with Crippen LogP contribution >= 0.6 is 11.6 Å². The molecule has 2 heterocycles. The number of rotatable bonds is 5. The van der Waals surface area contributed by atoms with Crippen molar-refractivity contribution in [2.45, 2.75) is 25.8 Å². The van der Waals surface area contributed by atoms with Gasteiger partial charge in [0, 0.05) is 35.7 Å². The van der Waals surface area contributed by atoms with E-state index in [1.165, 1.54) is 0 Å². The molecule has 1 N–H and O–H groups in total. The molecule has 2 aromatic rings. The number of hydrogen-bond donors (Lipinski definition) is 1. The highest BCUT2D eigenvalue weighted by atomic mass is 35.5. The van der Waals surface area contributed by atoms with Gasteiger partial charge >= 0.3 is 5.97 Å². The van der Waals surface area contributed by atoms with Crippen molar-refractivity contribution in [3.05, 3.63) is 58.6 Å². The third kappa shape index (κ3) is 4.51. The van der Waals surface area contributed by atoms with Crippen LogP contribution in [0.1, 0.15) is 41.7 Å². The third-order valence-electron chi connectivity index (χ3n) is 5.51. The summed E-state index contributed by atoms with van der Waals surface area (Å²) < 4.78 is 10.6. The molecule has 31 heavy (non-hydrogen) atoms. The van der Waals surface area contributed by atoms with Gasteiger partial charge in [-0.05, 0) is 49.4 Å². The first kappa shape index (κ1) is 21.2. The van der Waals surface area contributed by atoms with Crippen molar-refractivity contribution in [2.75, 3.05) is 24.7 Å². The molecule has 7 nitrogen and oxygen atoms in total. The van der Waals surface area contributed by atoms with Crippen LogP contribution in [0.4, 0.5) is 5.69 Å². The summed E-state index contributed by atoms with van der Waals surface area (Å²) in [6, 6.07) is 11.8. The van der Waals surface area contributed by atoms with Gasteiger partial charge in [0.15, 0.2) is 0 Å². The van der Waals surface area contributed by atoms with E-state index in [2.05, 4.69) is 5.32 Å². The Morgan fingerprint density at radius 1 is 1.23 bits per heavy atom. The molecule has 2 aliphatic heterocycles. The maximum Gasteiger partial charge on any atom is 0.338 e. The molecule has 162 valence electrons. The lowest BCUT2D eigenvalue weighted by Gasteiger charge is -2.27. The fourth-order valence-corrected chi connectivity index (χ4v) is 4.11. The monoisotopic (exact) mass is 442 g/mol. The number of esters is 1. The maximum absolute atomic E-state index is 12.9. The molecule has 0 bridgehead atoms. The van der Waals surface area contributed by atoms with E-state index in [1.807, 2.05) is 0 Å². The zero-order chi connectivity index (χ0) is 22.0. The number of carbonyl (C=O) groups is 3. The van der Waals surface area contributed by atoms with Crippen molar-refractivity contribution in [1.29, 1.82) is 0 Å². The first-order chi connectivity index (χ1) is 15.0. The standard InChI is InChI=1S/C23H23ClN2O5/c1-2-30-23(29)14-3-6-17(7-4-14)26-13-15(11-21(26)27)22(28)25-19-9-10-31-20-8-5-16(24)12-18(19)20/h3-8,12,15,19H,2,9-11,13H2,1H3,(H,25,28). The quantitative estimate of drug-likeness (QED) is 0.716. The number of hydrogen-bond acceptors (Lipinski definition) is 5. The Hall–Kier alpha value is -3.06. The molecule has 0 saturated carbocycles. The van der Waals surface area contributed by atoms with E-state index < -0.39 is 11.9 Å². The third-order valence-corrected chi connectivity index (χ3v) is 5.75. The van der Waals surface area contributed by atoms with Crippen molar-refractivity contribution < 1.29 is 23.9 Å². The number of halogens is 1. The second kappa shape index (κ2) is 8.98. The lowest BCUT2D eigenvalue weighted by molar-refractivity contribution is -0.127. The van der Waals surface area contributed by atoms with Crippen LogP contribution in [-0.2, 0) is 14.3 Å². The van der Waals surface area contributed by atoms with E-state index in [9.17, 15) is 14.4 Å². The van der Waals surface area contributed by atoms with Crippen molar-refractivity contribution in [2.24, 2.45) is 5.92 Å². The van der Waals surface area contributed by atoms with Crippen molar-refractivity contribution in [1.82, 2.24) is 5.32 Å². The van der Waals surface area contributed by atoms with E-state index in [-0.39, 0.29) is 30.8 Å². The average Bonchev–Trinajstić information content (AvgIpc) is 3.16. The number of nitrogens with zero attached hydrogens (tertiary/aromatic N) is 1. The van der Waals surface area contributed by atoms with E-state index >= 15 is 0 Å². The van der Waals surface area contributed by atoms with Gasteiger partial charge in [-0.2, -0.15) is 0 Å². The van der Waals surface area contributed by atoms with Gasteiger partial charge in [0.1, 0.15) is 5.75 Å². The van der Waals surface area contributed by atoms with Gasteiger partial charge in [-0.15, -0.1) is 0 Å². The fraction of sp³-hybridized carbons (Fsp3) is 0.348. The molecule has 2 atom stereocenters. The molecule has 0 radical (unpaired) electrons. The van der Waals surface area contributed by atoms with Crippen LogP contribution < -0.4 is 15.0 Å². The van der Waals surface area contributed by atoms with Crippen LogP contribution in [0.2, 0.25) is 5.02 Å². The Kier molecular flexibility index (Phi) is 6.13. The highest BCUT2D eigenvalue weighted by molar-refractivity contribution is 6.30. The zero-order valence-corrected chi connectivity index (χ0v) is 17.9. The predicted octanol–water partition coefficient (Wildman–Crippen LogP) is 3.51. The Morgan fingerprint density at radius 2 is 2.00 bits per heavy atom. The van der Waals surface area contributed by atoms with Gasteiger partial charge in [-0.3, -0.25) is 9.59 Å². The van der Waals surface area contributed by atoms with Crippen LogP contribution in [0, 0.1) is 5.92 Å². The molecule has 0 aliphatic carbocycles. The van der Waals surface area contributed by atoms with Gasteiger partial charge in [-0.25, -0.2) is 4.79 Å². The number of ether oxygens (including phenoxy) is 2. The lowest BCUT2D eigenvalue weighted by Crippen LogP contribution is -2.37. The predicted molar refractivity (Wildman–Crippen MR) is 115 cm³/mol. The molecule has 0 aromatic heterocycles. The molecule has 2 unspecified atom stereocenters. The number of carbonyl (C=O) groups excluding carboxylic acids is 3. The normalized spacial score (nSPS) is 20.1. The second-order valence-electron chi connectivity index (χ2n) is 7.55. The first-order valence-corrected chi connectivity index (χ1v) is 10.6. The average molecular weight is 443 g/mol. The SMILES string of the molecule is CCOC(=O)c1ccc(N2CC(C(=O)NC3CCOc4ccc(Cl)cc43)CC2=O)cc1. The summed E-state index contributed by atoms with van der Waals surface area (Å²) in [6.45, 7) is 2.83. The van der Waals surface area contributed by atoms with Gasteiger partial charge in [0.2, 0.25) is 11.8 Å². The smallest absolute Gasteiger partial charge is 0.338 e. The molecular weight excluding hydrogens is 420 g/mol. The molecule has 8 heteroatoms. The van der Waals surface area contributed by atoms with E-state index in [1.54, 1.807) is 54.3 Å². The summed E-state index contributed by atoms with van der Waals surface area (Å²) in [5.74, 6) is -0.443. The van der Waals surface area contributed by atoms with Crippen LogP contribution in [0.5, 0.6) is 5.75 Å². The lowest BCUT2D eigenvalue weighted by atomic mass is 9.99. The molecule has 1 fully saturated rings. The van der Waals surface area contributed by atoms with Crippen molar-refractivity contribution in [3.8, 4) is 5.75 Å². The van der Waals surface area contributed by atoms with Gasteiger partial charge in [0.05, 0.1) is 30.7 Å². The number of nitrogens with one attached hydrogen (secondary N) is 1. The van der Waals surface area contributed by atoms with Gasteiger partial charge in [-0.1, -0.05) is 11.6 Å². The van der Waals surface area contributed by atoms with E-state index in [4.69, 9.17) is 21.1 Å². The summed E-state index contributed by atoms with van der Waals surface area (Å²) in [6.07, 6.45) is 0.774. The Bertz CT molecular complexity index is 1010. The number of anilines is 1. The number of benzene rings is 2. The summed E-state index contributed by atoms with van der Waals surface area (Å²) >= 11 is 6.11. The van der Waals surface area contributed by atoms with E-state index in [0.29, 0.717) is 41.7 Å². The minimum atomic E-state index is -0.456. The minimum Gasteiger partial charge on any atom is -0.493 e. The van der Waals surface area contributed by atoms with E-state index in [0.717, 1.165) is 5.56 Å². The molecule has 4 rings (SSSR count). The van der Waals surface area contributed by atoms with Gasteiger partial charge < -0.3 is 19.7 Å². The topological polar surface area (TPSA) is 84.9 Å². The second-order valence-corrected chi connectivity index (χ2v) is 7.99. The highest BCUT2D eigenvalue weighted by Gasteiger charge is 2.36. The first-order valence-electron chi connectivity index (χ1n) is 10.3. The Labute approximate surface area is 185 Å². The van der Waals surface area contributed by atoms with Crippen LogP contribution in [0.3, 0.4) is 0 Å². The molecule has 2 aliphatic rings. The Balaban J connectivity index is 1.42. The summed E-state index contributed by atoms with van der Waals surface area (Å²) in [7, 11) is 0. The Morgan fingerprint density at radius 3 is 2.74 bits per heavy atom. The molecule has 1 saturated heterocycles. The summed E-state index contributed by atoms with van der Waals surface area (Å²) in [5.41, 5.74) is 1.92. The van der Waals surface area contributed by atoms with Crippen LogP contribution in [0.15, 0.2) is 42.5 Å². The molecule has 0 spiro atoms. The number of amides is 2. The highest BCUT2D eigenvalue weighted by Crippen LogP contribution is 2.35. The zero-order valence-electron chi connectivity index (χ0n) is 17.1. The maximum atomic E-state index is 12.9. The van der Waals surface area contributed by atoms with Crippen LogP contribution in [-0.4, -0.2) is 37.5 Å². The van der Waals surface area contributed by atoms with Crippen molar-refractivity contribution in [3.63, 3.8) is 0 Å². The van der Waals surface area contributed by atoms with Gasteiger partial charge in [0.25, 0.3) is 0 Å². The molecule has 2 amide bonds. The summed E-state index contributed by atoms with van der Waals surface area (Å²) in [5, 5.41) is 3.64. The molecule has 2 aromatic carbocycles. The summed E-state index contributed by atoms with van der Waals surface area (Å²) in [4.78, 5) is 38.9. The van der Waals surface area contributed by atoms with Crippen LogP contribution in [0.25, 0.3) is 0 Å². The van der Waals surface area contributed by atoms with Crippen molar-refractivity contribution >= 4 is 35.1 Å². The fourth-order valence-electron chi connectivity index (χ4n) is 3.93.